The van der Waals surface area contributed by atoms with E-state index in [1.165, 1.54) is 33.4 Å². The van der Waals surface area contributed by atoms with Crippen molar-refractivity contribution in [3.8, 4) is 11.5 Å². The molecule has 1 heterocycles. The van der Waals surface area contributed by atoms with Gasteiger partial charge in [-0.05, 0) is 79.3 Å². The van der Waals surface area contributed by atoms with Gasteiger partial charge in [0.15, 0.2) is 0 Å². The Morgan fingerprint density at radius 1 is 0.960 bits per heavy atom. The minimum absolute atomic E-state index is 0.880. The number of benzene rings is 2. The van der Waals surface area contributed by atoms with Crippen molar-refractivity contribution in [1.29, 1.82) is 0 Å². The maximum atomic E-state index is 5.61. The molecule has 0 unspecified atom stereocenters. The Bertz CT molecular complexity index is 775. The Labute approximate surface area is 150 Å². The van der Waals surface area contributed by atoms with Crippen LogP contribution in [0.3, 0.4) is 0 Å². The van der Waals surface area contributed by atoms with Gasteiger partial charge in [0.1, 0.15) is 11.5 Å². The summed E-state index contributed by atoms with van der Waals surface area (Å²) in [6, 6.07) is 12.8. The highest BCUT2D eigenvalue weighted by molar-refractivity contribution is 5.84. The molecule has 0 fully saturated rings. The predicted molar refractivity (Wildman–Crippen MR) is 104 cm³/mol. The third-order valence-corrected chi connectivity index (χ3v) is 4.89. The number of hydrogen-bond acceptors (Lipinski definition) is 3. The fourth-order valence-corrected chi connectivity index (χ4v) is 3.56. The van der Waals surface area contributed by atoms with Gasteiger partial charge in [-0.1, -0.05) is 23.8 Å². The van der Waals surface area contributed by atoms with Crippen LogP contribution in [0.2, 0.25) is 0 Å². The normalized spacial score (nSPS) is 17.9. The van der Waals surface area contributed by atoms with Crippen molar-refractivity contribution < 1.29 is 9.47 Å². The molecule has 2 aromatic carbocycles. The molecule has 0 aromatic heterocycles. The zero-order valence-corrected chi connectivity index (χ0v) is 15.6. The van der Waals surface area contributed by atoms with Crippen LogP contribution in [0.1, 0.15) is 35.6 Å². The van der Waals surface area contributed by atoms with Gasteiger partial charge < -0.3 is 14.8 Å². The summed E-state index contributed by atoms with van der Waals surface area (Å²) in [6.07, 6.45) is 2.21. The molecule has 0 saturated carbocycles. The highest BCUT2D eigenvalue weighted by Gasteiger charge is 2.17. The number of aryl methyl sites for hydroxylation is 2. The quantitative estimate of drug-likeness (QED) is 0.902. The standard InChI is InChI=1S/C22H27NO2/c1-15-12-18-6-5-11-23-14-16(2)22(20(18)13-21(15)25-4)17-7-9-19(24-3)10-8-17/h7-10,12-13,23H,5-6,11,14H2,1-4H3/b22-16+. The molecule has 0 aliphatic carbocycles. The maximum Gasteiger partial charge on any atom is 0.122 e. The minimum Gasteiger partial charge on any atom is -0.497 e. The van der Waals surface area contributed by atoms with Crippen molar-refractivity contribution in [2.75, 3.05) is 27.3 Å². The van der Waals surface area contributed by atoms with Gasteiger partial charge in [-0.2, -0.15) is 0 Å². The van der Waals surface area contributed by atoms with Gasteiger partial charge in [0.25, 0.3) is 0 Å². The summed E-state index contributed by atoms with van der Waals surface area (Å²) in [7, 11) is 3.45. The maximum absolute atomic E-state index is 5.61. The Hall–Kier alpha value is -2.26. The highest BCUT2D eigenvalue weighted by Crippen LogP contribution is 2.35. The fraction of sp³-hybridized carbons (Fsp3) is 0.364. The van der Waals surface area contributed by atoms with E-state index in [0.29, 0.717) is 0 Å². The SMILES string of the molecule is COc1ccc(/C2=C(/C)CNCCCc3cc(C)c(OC)cc32)cc1. The average Bonchev–Trinajstić information content (AvgIpc) is 2.70. The van der Waals surface area contributed by atoms with E-state index in [4.69, 9.17) is 9.47 Å². The molecule has 3 nitrogen and oxygen atoms in total. The molecule has 1 aliphatic heterocycles. The van der Waals surface area contributed by atoms with Crippen molar-refractivity contribution in [3.05, 3.63) is 64.2 Å². The van der Waals surface area contributed by atoms with Crippen molar-refractivity contribution in [3.63, 3.8) is 0 Å². The van der Waals surface area contributed by atoms with Gasteiger partial charge in [0.05, 0.1) is 14.2 Å². The summed E-state index contributed by atoms with van der Waals surface area (Å²) < 4.78 is 10.9. The number of fused-ring (bicyclic) bond motifs is 1. The minimum atomic E-state index is 0.880. The summed E-state index contributed by atoms with van der Waals surface area (Å²) >= 11 is 0. The van der Waals surface area contributed by atoms with Crippen molar-refractivity contribution in [2.24, 2.45) is 0 Å². The number of hydrogen-bond donors (Lipinski definition) is 1. The highest BCUT2D eigenvalue weighted by atomic mass is 16.5. The Morgan fingerprint density at radius 2 is 1.72 bits per heavy atom. The molecule has 1 aliphatic rings. The van der Waals surface area contributed by atoms with Crippen LogP contribution in [0, 0.1) is 6.92 Å². The Morgan fingerprint density at radius 3 is 2.40 bits per heavy atom. The molecule has 1 N–H and O–H groups in total. The predicted octanol–water partition coefficient (Wildman–Crippen LogP) is 4.37. The zero-order valence-electron chi connectivity index (χ0n) is 15.6. The summed E-state index contributed by atoms with van der Waals surface area (Å²) in [5.41, 5.74) is 7.74. The van der Waals surface area contributed by atoms with Gasteiger partial charge >= 0.3 is 0 Å². The van der Waals surface area contributed by atoms with Gasteiger partial charge in [-0.3, -0.25) is 0 Å². The Balaban J connectivity index is 2.20. The summed E-state index contributed by atoms with van der Waals surface area (Å²) in [5, 5.41) is 3.56. The number of nitrogens with one attached hydrogen (secondary N) is 1. The lowest BCUT2D eigenvalue weighted by molar-refractivity contribution is 0.411. The first kappa shape index (κ1) is 17.6. The molecular weight excluding hydrogens is 310 g/mol. The van der Waals surface area contributed by atoms with Gasteiger partial charge in [-0.15, -0.1) is 0 Å². The third kappa shape index (κ3) is 3.72. The van der Waals surface area contributed by atoms with Crippen molar-refractivity contribution >= 4 is 5.57 Å². The van der Waals surface area contributed by atoms with Crippen molar-refractivity contribution in [1.82, 2.24) is 5.32 Å². The van der Waals surface area contributed by atoms with Gasteiger partial charge in [0, 0.05) is 6.54 Å². The molecule has 0 radical (unpaired) electrons. The third-order valence-electron chi connectivity index (χ3n) is 4.89. The van der Waals surface area contributed by atoms with E-state index in [9.17, 15) is 0 Å². The lowest BCUT2D eigenvalue weighted by Gasteiger charge is -2.19. The molecule has 25 heavy (non-hydrogen) atoms. The van der Waals surface area contributed by atoms with Crippen molar-refractivity contribution in [2.45, 2.75) is 26.7 Å². The first-order valence-corrected chi connectivity index (χ1v) is 8.87. The topological polar surface area (TPSA) is 30.5 Å². The zero-order chi connectivity index (χ0) is 17.8. The number of rotatable bonds is 3. The lowest BCUT2D eigenvalue weighted by Crippen LogP contribution is -2.17. The number of ether oxygens (including phenoxy) is 2. The molecule has 2 aromatic rings. The number of methoxy groups -OCH3 is 2. The second-order valence-electron chi connectivity index (χ2n) is 6.64. The van der Waals surface area contributed by atoms with E-state index in [0.717, 1.165) is 37.4 Å². The fourth-order valence-electron chi connectivity index (χ4n) is 3.56. The van der Waals surface area contributed by atoms with E-state index in [1.54, 1.807) is 14.2 Å². The second kappa shape index (κ2) is 7.75. The summed E-state index contributed by atoms with van der Waals surface area (Å²) in [5.74, 6) is 1.83. The van der Waals surface area contributed by atoms with Crippen LogP contribution >= 0.6 is 0 Å². The van der Waals surface area contributed by atoms with E-state index >= 15 is 0 Å². The molecule has 0 atom stereocenters. The first-order valence-electron chi connectivity index (χ1n) is 8.87. The summed E-state index contributed by atoms with van der Waals surface area (Å²) in [4.78, 5) is 0. The first-order chi connectivity index (χ1) is 12.1. The molecule has 0 saturated heterocycles. The van der Waals surface area contributed by atoms with Gasteiger partial charge in [0.2, 0.25) is 0 Å². The van der Waals surface area contributed by atoms with Crippen LogP contribution in [0.15, 0.2) is 42.0 Å². The second-order valence-corrected chi connectivity index (χ2v) is 6.64. The van der Waals surface area contributed by atoms with E-state index in [-0.39, 0.29) is 0 Å². The van der Waals surface area contributed by atoms with Crippen LogP contribution in [0.4, 0.5) is 0 Å². The molecule has 3 rings (SSSR count). The lowest BCUT2D eigenvalue weighted by atomic mass is 9.88. The monoisotopic (exact) mass is 337 g/mol. The summed E-state index contributed by atoms with van der Waals surface area (Å²) in [6.45, 7) is 6.27. The molecule has 3 heteroatoms. The largest absolute Gasteiger partial charge is 0.497 e. The average molecular weight is 337 g/mol. The molecule has 132 valence electrons. The smallest absolute Gasteiger partial charge is 0.122 e. The van der Waals surface area contributed by atoms with Crippen LogP contribution in [-0.2, 0) is 6.42 Å². The van der Waals surface area contributed by atoms with E-state index in [2.05, 4.69) is 43.4 Å². The Kier molecular flexibility index (Phi) is 5.44. The van der Waals surface area contributed by atoms with Crippen LogP contribution in [-0.4, -0.2) is 27.3 Å². The van der Waals surface area contributed by atoms with Crippen LogP contribution in [0.25, 0.3) is 5.57 Å². The van der Waals surface area contributed by atoms with Gasteiger partial charge in [-0.25, -0.2) is 0 Å². The molecule has 0 spiro atoms. The molecular formula is C22H27NO2. The van der Waals surface area contributed by atoms with E-state index < -0.39 is 0 Å². The van der Waals surface area contributed by atoms with Crippen LogP contribution in [0.5, 0.6) is 11.5 Å². The van der Waals surface area contributed by atoms with Crippen LogP contribution < -0.4 is 14.8 Å². The molecule has 0 bridgehead atoms. The molecule has 0 amide bonds. The van der Waals surface area contributed by atoms with E-state index in [1.807, 2.05) is 12.1 Å².